The van der Waals surface area contributed by atoms with Crippen LogP contribution in [0.15, 0.2) is 0 Å². The average molecular weight is 140 g/mol. The Hall–Kier alpha value is -0.0400. The summed E-state index contributed by atoms with van der Waals surface area (Å²) in [7, 11) is 0. The van der Waals surface area contributed by atoms with E-state index in [0.717, 1.165) is 5.92 Å². The summed E-state index contributed by atoms with van der Waals surface area (Å²) in [5.41, 5.74) is 0. The Labute approximate surface area is 62.8 Å². The number of hydrogen-bond donors (Lipinski definition) is 0. The van der Waals surface area contributed by atoms with Gasteiger partial charge in [-0.3, -0.25) is 0 Å². The quantitative estimate of drug-likeness (QED) is 0.572. The molecule has 2 rings (SSSR count). The zero-order valence-electron chi connectivity index (χ0n) is 6.68. The van der Waals surface area contributed by atoms with Crippen LogP contribution >= 0.6 is 0 Å². The minimum atomic E-state index is 0.654. The Bertz CT molecular complexity index is 122. The van der Waals surface area contributed by atoms with Crippen LogP contribution in [0.2, 0.25) is 0 Å². The highest BCUT2D eigenvalue weighted by Crippen LogP contribution is 2.40. The molecule has 0 aromatic carbocycles. The van der Waals surface area contributed by atoms with Crippen LogP contribution in [-0.2, 0) is 4.74 Å². The molecule has 3 atom stereocenters. The van der Waals surface area contributed by atoms with Gasteiger partial charge in [-0.05, 0) is 31.6 Å². The molecule has 2 bridgehead atoms. The summed E-state index contributed by atoms with van der Waals surface area (Å²) in [5, 5.41) is 0. The fourth-order valence-electron chi connectivity index (χ4n) is 2.42. The van der Waals surface area contributed by atoms with E-state index in [1.807, 2.05) is 0 Å². The Morgan fingerprint density at radius 2 is 2.30 bits per heavy atom. The first-order chi connectivity index (χ1) is 4.90. The molecule has 0 radical (unpaired) electrons. The lowest BCUT2D eigenvalue weighted by Crippen LogP contribution is -2.15. The minimum absolute atomic E-state index is 0.654. The van der Waals surface area contributed by atoms with Crippen molar-refractivity contribution in [3.63, 3.8) is 0 Å². The van der Waals surface area contributed by atoms with Gasteiger partial charge in [0.2, 0.25) is 0 Å². The lowest BCUT2D eigenvalue weighted by Gasteiger charge is -2.16. The molecule has 0 spiro atoms. The van der Waals surface area contributed by atoms with Crippen LogP contribution in [0.1, 0.15) is 39.0 Å². The molecule has 2 heterocycles. The van der Waals surface area contributed by atoms with Crippen molar-refractivity contribution in [2.75, 3.05) is 0 Å². The predicted molar refractivity (Wildman–Crippen MR) is 40.9 cm³/mol. The van der Waals surface area contributed by atoms with Crippen LogP contribution in [0.5, 0.6) is 0 Å². The Morgan fingerprint density at radius 3 is 2.80 bits per heavy atom. The molecule has 2 aliphatic rings. The first-order valence-corrected chi connectivity index (χ1v) is 4.55. The molecule has 2 aliphatic heterocycles. The van der Waals surface area contributed by atoms with Gasteiger partial charge in [0.1, 0.15) is 0 Å². The third-order valence-electron chi connectivity index (χ3n) is 2.89. The third-order valence-corrected chi connectivity index (χ3v) is 2.89. The molecule has 3 unspecified atom stereocenters. The zero-order chi connectivity index (χ0) is 6.97. The third kappa shape index (κ3) is 0.968. The maximum atomic E-state index is 5.74. The fourth-order valence-corrected chi connectivity index (χ4v) is 2.42. The Balaban J connectivity index is 1.90. The zero-order valence-corrected chi connectivity index (χ0v) is 6.68. The second-order valence-corrected chi connectivity index (χ2v) is 3.66. The Kier molecular flexibility index (Phi) is 1.69. The molecular weight excluding hydrogens is 124 g/mol. The first kappa shape index (κ1) is 6.66. The lowest BCUT2D eigenvalue weighted by atomic mass is 9.86. The molecule has 1 heteroatoms. The second kappa shape index (κ2) is 2.54. The molecule has 0 saturated carbocycles. The summed E-state index contributed by atoms with van der Waals surface area (Å²) in [5.74, 6) is 0.920. The first-order valence-electron chi connectivity index (χ1n) is 4.55. The molecule has 1 nitrogen and oxygen atoms in total. The molecule has 10 heavy (non-hydrogen) atoms. The SMILES string of the molecule is CCCC1CC2CCC1O2. The van der Waals surface area contributed by atoms with Crippen molar-refractivity contribution in [2.24, 2.45) is 5.92 Å². The highest BCUT2D eigenvalue weighted by Gasteiger charge is 2.39. The summed E-state index contributed by atoms with van der Waals surface area (Å²) >= 11 is 0. The molecule has 0 aromatic rings. The number of rotatable bonds is 2. The van der Waals surface area contributed by atoms with E-state index < -0.39 is 0 Å². The summed E-state index contributed by atoms with van der Waals surface area (Å²) in [6.45, 7) is 2.27. The minimum Gasteiger partial charge on any atom is -0.375 e. The van der Waals surface area contributed by atoms with Crippen LogP contribution in [0.4, 0.5) is 0 Å². The summed E-state index contributed by atoms with van der Waals surface area (Å²) < 4.78 is 5.74. The van der Waals surface area contributed by atoms with E-state index in [1.54, 1.807) is 0 Å². The van der Waals surface area contributed by atoms with E-state index in [-0.39, 0.29) is 0 Å². The van der Waals surface area contributed by atoms with E-state index in [0.29, 0.717) is 12.2 Å². The van der Waals surface area contributed by atoms with Crippen LogP contribution < -0.4 is 0 Å². The largest absolute Gasteiger partial charge is 0.375 e. The molecule has 2 fully saturated rings. The van der Waals surface area contributed by atoms with Gasteiger partial charge in [0.15, 0.2) is 0 Å². The fraction of sp³-hybridized carbons (Fsp3) is 1.00. The van der Waals surface area contributed by atoms with Crippen LogP contribution in [-0.4, -0.2) is 12.2 Å². The molecule has 0 N–H and O–H groups in total. The monoisotopic (exact) mass is 140 g/mol. The molecule has 2 saturated heterocycles. The second-order valence-electron chi connectivity index (χ2n) is 3.66. The maximum Gasteiger partial charge on any atom is 0.0609 e. The van der Waals surface area contributed by atoms with E-state index in [1.165, 1.54) is 32.1 Å². The topological polar surface area (TPSA) is 9.23 Å². The van der Waals surface area contributed by atoms with Crippen LogP contribution in [0.3, 0.4) is 0 Å². The van der Waals surface area contributed by atoms with Gasteiger partial charge >= 0.3 is 0 Å². The maximum absolute atomic E-state index is 5.74. The number of fused-ring (bicyclic) bond motifs is 2. The highest BCUT2D eigenvalue weighted by atomic mass is 16.5. The van der Waals surface area contributed by atoms with Gasteiger partial charge in [-0.25, -0.2) is 0 Å². The molecule has 0 amide bonds. The lowest BCUT2D eigenvalue weighted by molar-refractivity contribution is 0.0912. The van der Waals surface area contributed by atoms with Gasteiger partial charge in [-0.15, -0.1) is 0 Å². The smallest absolute Gasteiger partial charge is 0.0609 e. The normalized spacial score (nSPS) is 44.7. The summed E-state index contributed by atoms with van der Waals surface area (Å²) in [4.78, 5) is 0. The number of ether oxygens (including phenoxy) is 1. The van der Waals surface area contributed by atoms with Gasteiger partial charge in [0.05, 0.1) is 12.2 Å². The summed E-state index contributed by atoms with van der Waals surface area (Å²) in [6.07, 6.45) is 8.07. The van der Waals surface area contributed by atoms with Gasteiger partial charge in [-0.1, -0.05) is 13.3 Å². The number of hydrogen-bond acceptors (Lipinski definition) is 1. The van der Waals surface area contributed by atoms with Crippen LogP contribution in [0.25, 0.3) is 0 Å². The Morgan fingerprint density at radius 1 is 1.40 bits per heavy atom. The van der Waals surface area contributed by atoms with Gasteiger partial charge in [-0.2, -0.15) is 0 Å². The standard InChI is InChI=1S/C9H16O/c1-2-3-7-6-8-4-5-9(7)10-8/h7-9H,2-6H2,1H3. The average Bonchev–Trinajstić information content (AvgIpc) is 2.48. The van der Waals surface area contributed by atoms with Crippen LogP contribution in [0, 0.1) is 5.92 Å². The molecule has 58 valence electrons. The molecule has 0 aliphatic carbocycles. The van der Waals surface area contributed by atoms with Crippen molar-refractivity contribution in [2.45, 2.75) is 51.2 Å². The van der Waals surface area contributed by atoms with Crippen molar-refractivity contribution in [3.8, 4) is 0 Å². The van der Waals surface area contributed by atoms with Gasteiger partial charge < -0.3 is 4.74 Å². The van der Waals surface area contributed by atoms with Gasteiger partial charge in [0.25, 0.3) is 0 Å². The van der Waals surface area contributed by atoms with Crippen molar-refractivity contribution >= 4 is 0 Å². The van der Waals surface area contributed by atoms with E-state index in [4.69, 9.17) is 4.74 Å². The van der Waals surface area contributed by atoms with Crippen molar-refractivity contribution in [1.29, 1.82) is 0 Å². The van der Waals surface area contributed by atoms with E-state index in [9.17, 15) is 0 Å². The van der Waals surface area contributed by atoms with Gasteiger partial charge in [0, 0.05) is 0 Å². The molecular formula is C9H16O. The van der Waals surface area contributed by atoms with Crippen molar-refractivity contribution in [3.05, 3.63) is 0 Å². The highest BCUT2D eigenvalue weighted by molar-refractivity contribution is 4.88. The van der Waals surface area contributed by atoms with Crippen molar-refractivity contribution in [1.82, 2.24) is 0 Å². The predicted octanol–water partition coefficient (Wildman–Crippen LogP) is 2.35. The van der Waals surface area contributed by atoms with E-state index >= 15 is 0 Å². The molecule has 0 aromatic heterocycles. The van der Waals surface area contributed by atoms with E-state index in [2.05, 4.69) is 6.92 Å². The summed E-state index contributed by atoms with van der Waals surface area (Å²) in [6, 6.07) is 0. The van der Waals surface area contributed by atoms with Crippen molar-refractivity contribution < 1.29 is 4.74 Å².